The van der Waals surface area contributed by atoms with Crippen LogP contribution in [0.5, 0.6) is 11.5 Å². The third-order valence-electron chi connectivity index (χ3n) is 3.14. The molecule has 2 rings (SSSR count). The Morgan fingerprint density at radius 2 is 1.80 bits per heavy atom. The van der Waals surface area contributed by atoms with E-state index in [0.29, 0.717) is 17.1 Å². The minimum absolute atomic E-state index is 0.0383. The van der Waals surface area contributed by atoms with E-state index in [0.717, 1.165) is 0 Å². The van der Waals surface area contributed by atoms with Crippen LogP contribution in [0.1, 0.15) is 31.9 Å². The first-order valence-electron chi connectivity index (χ1n) is 6.53. The van der Waals surface area contributed by atoms with Gasteiger partial charge in [-0.1, -0.05) is 39.0 Å². The highest BCUT2D eigenvalue weighted by Crippen LogP contribution is 2.31. The quantitative estimate of drug-likeness (QED) is 0.664. The molecule has 0 saturated heterocycles. The van der Waals surface area contributed by atoms with Crippen LogP contribution in [0.4, 0.5) is 4.39 Å². The summed E-state index contributed by atoms with van der Waals surface area (Å²) < 4.78 is 19.4. The first kappa shape index (κ1) is 14.9. The van der Waals surface area contributed by atoms with Gasteiger partial charge < -0.3 is 4.74 Å². The predicted octanol–water partition coefficient (Wildman–Crippen LogP) is 5.65. The maximum Gasteiger partial charge on any atom is 0.134 e. The second kappa shape index (κ2) is 5.84. The number of alkyl halides is 1. The van der Waals surface area contributed by atoms with Crippen molar-refractivity contribution < 1.29 is 9.13 Å². The Hall–Kier alpha value is -1.54. The van der Waals surface area contributed by atoms with E-state index >= 15 is 0 Å². The standard InChI is InChI=1S/C17H18ClFO/c1-17(2,3)12-6-4-7-13(10-12)20-16-9-5-8-15(19)14(16)11-18/h4-10H,11H2,1-3H3. The molecular weight excluding hydrogens is 275 g/mol. The fraction of sp³-hybridized carbons (Fsp3) is 0.294. The molecule has 0 aliphatic carbocycles. The molecule has 0 aliphatic heterocycles. The molecule has 106 valence electrons. The van der Waals surface area contributed by atoms with E-state index in [4.69, 9.17) is 16.3 Å². The van der Waals surface area contributed by atoms with Crippen molar-refractivity contribution in [3.63, 3.8) is 0 Å². The van der Waals surface area contributed by atoms with E-state index in [-0.39, 0.29) is 17.1 Å². The summed E-state index contributed by atoms with van der Waals surface area (Å²) in [4.78, 5) is 0. The summed E-state index contributed by atoms with van der Waals surface area (Å²) in [7, 11) is 0. The van der Waals surface area contributed by atoms with E-state index in [9.17, 15) is 4.39 Å². The van der Waals surface area contributed by atoms with Gasteiger partial charge in [0.25, 0.3) is 0 Å². The molecule has 0 saturated carbocycles. The Morgan fingerprint density at radius 1 is 1.10 bits per heavy atom. The molecule has 20 heavy (non-hydrogen) atoms. The van der Waals surface area contributed by atoms with Crippen LogP contribution < -0.4 is 4.74 Å². The third kappa shape index (κ3) is 3.31. The Labute approximate surface area is 124 Å². The van der Waals surface area contributed by atoms with Gasteiger partial charge in [0.1, 0.15) is 17.3 Å². The average Bonchev–Trinajstić information content (AvgIpc) is 2.38. The molecule has 0 radical (unpaired) electrons. The van der Waals surface area contributed by atoms with Gasteiger partial charge in [-0.15, -0.1) is 11.6 Å². The molecule has 0 fully saturated rings. The van der Waals surface area contributed by atoms with E-state index in [1.54, 1.807) is 12.1 Å². The fourth-order valence-electron chi connectivity index (χ4n) is 1.92. The SMILES string of the molecule is CC(C)(C)c1cccc(Oc2cccc(F)c2CCl)c1. The van der Waals surface area contributed by atoms with Crippen LogP contribution in [-0.4, -0.2) is 0 Å². The maximum atomic E-state index is 13.7. The zero-order chi connectivity index (χ0) is 14.8. The highest BCUT2D eigenvalue weighted by Gasteiger charge is 2.15. The number of benzene rings is 2. The van der Waals surface area contributed by atoms with Crippen LogP contribution in [0, 0.1) is 5.82 Å². The zero-order valence-corrected chi connectivity index (χ0v) is 12.7. The van der Waals surface area contributed by atoms with Crippen molar-refractivity contribution in [3.8, 4) is 11.5 Å². The summed E-state index contributed by atoms with van der Waals surface area (Å²) in [6.07, 6.45) is 0. The second-order valence-electron chi connectivity index (χ2n) is 5.73. The van der Waals surface area contributed by atoms with Gasteiger partial charge in [0.15, 0.2) is 0 Å². The summed E-state index contributed by atoms with van der Waals surface area (Å²) in [5.41, 5.74) is 1.59. The van der Waals surface area contributed by atoms with Crippen LogP contribution in [0.25, 0.3) is 0 Å². The average molecular weight is 293 g/mol. The number of hydrogen-bond acceptors (Lipinski definition) is 1. The Morgan fingerprint density at radius 3 is 2.45 bits per heavy atom. The van der Waals surface area contributed by atoms with Gasteiger partial charge in [-0.05, 0) is 35.2 Å². The topological polar surface area (TPSA) is 9.23 Å². The van der Waals surface area contributed by atoms with Crippen molar-refractivity contribution in [2.75, 3.05) is 0 Å². The molecule has 0 N–H and O–H groups in total. The molecule has 2 aromatic carbocycles. The van der Waals surface area contributed by atoms with Crippen molar-refractivity contribution in [1.82, 2.24) is 0 Å². The minimum atomic E-state index is -0.343. The summed E-state index contributed by atoms with van der Waals surface area (Å²) in [6.45, 7) is 6.41. The van der Waals surface area contributed by atoms with E-state index in [2.05, 4.69) is 26.8 Å². The molecule has 0 atom stereocenters. The molecule has 2 aromatic rings. The smallest absolute Gasteiger partial charge is 0.134 e. The van der Waals surface area contributed by atoms with Crippen LogP contribution >= 0.6 is 11.6 Å². The zero-order valence-electron chi connectivity index (χ0n) is 11.9. The molecule has 0 bridgehead atoms. The van der Waals surface area contributed by atoms with E-state index in [1.165, 1.54) is 11.6 Å². The Balaban J connectivity index is 2.34. The summed E-state index contributed by atoms with van der Waals surface area (Å²) in [5, 5.41) is 0. The summed E-state index contributed by atoms with van der Waals surface area (Å²) >= 11 is 5.79. The number of halogens is 2. The van der Waals surface area contributed by atoms with Crippen LogP contribution in [0.2, 0.25) is 0 Å². The van der Waals surface area contributed by atoms with Gasteiger partial charge in [0, 0.05) is 5.56 Å². The number of rotatable bonds is 3. The van der Waals surface area contributed by atoms with Gasteiger partial charge in [-0.3, -0.25) is 0 Å². The molecule has 0 spiro atoms. The minimum Gasteiger partial charge on any atom is -0.457 e. The first-order valence-corrected chi connectivity index (χ1v) is 7.07. The molecule has 0 aliphatic rings. The lowest BCUT2D eigenvalue weighted by Gasteiger charge is -2.20. The highest BCUT2D eigenvalue weighted by molar-refractivity contribution is 6.17. The summed E-state index contributed by atoms with van der Waals surface area (Å²) in [6, 6.07) is 12.6. The van der Waals surface area contributed by atoms with Gasteiger partial charge >= 0.3 is 0 Å². The first-order chi connectivity index (χ1) is 9.41. The maximum absolute atomic E-state index is 13.7. The molecule has 0 aromatic heterocycles. The number of hydrogen-bond donors (Lipinski definition) is 0. The third-order valence-corrected chi connectivity index (χ3v) is 3.40. The molecular formula is C17H18ClFO. The van der Waals surface area contributed by atoms with Gasteiger partial charge in [-0.2, -0.15) is 0 Å². The predicted molar refractivity (Wildman–Crippen MR) is 81.2 cm³/mol. The van der Waals surface area contributed by atoms with Crippen LogP contribution in [0.3, 0.4) is 0 Å². The number of ether oxygens (including phenoxy) is 1. The molecule has 3 heteroatoms. The van der Waals surface area contributed by atoms with Crippen molar-refractivity contribution in [2.24, 2.45) is 0 Å². The van der Waals surface area contributed by atoms with Crippen molar-refractivity contribution in [1.29, 1.82) is 0 Å². The normalized spacial score (nSPS) is 11.4. The fourth-order valence-corrected chi connectivity index (χ4v) is 2.18. The van der Waals surface area contributed by atoms with Gasteiger partial charge in [0.05, 0.1) is 5.88 Å². The van der Waals surface area contributed by atoms with Crippen molar-refractivity contribution >= 4 is 11.6 Å². The Kier molecular flexibility index (Phi) is 4.34. The van der Waals surface area contributed by atoms with Gasteiger partial charge in [-0.25, -0.2) is 4.39 Å². The highest BCUT2D eigenvalue weighted by atomic mass is 35.5. The van der Waals surface area contributed by atoms with E-state index < -0.39 is 0 Å². The van der Waals surface area contributed by atoms with Crippen LogP contribution in [-0.2, 0) is 11.3 Å². The van der Waals surface area contributed by atoms with Crippen molar-refractivity contribution in [2.45, 2.75) is 32.1 Å². The van der Waals surface area contributed by atoms with Crippen LogP contribution in [0.15, 0.2) is 42.5 Å². The lowest BCUT2D eigenvalue weighted by Crippen LogP contribution is -2.10. The molecule has 0 unspecified atom stereocenters. The monoisotopic (exact) mass is 292 g/mol. The molecule has 0 heterocycles. The van der Waals surface area contributed by atoms with E-state index in [1.807, 2.05) is 18.2 Å². The lowest BCUT2D eigenvalue weighted by molar-refractivity contribution is 0.467. The van der Waals surface area contributed by atoms with Gasteiger partial charge in [0.2, 0.25) is 0 Å². The Bertz CT molecular complexity index is 602. The second-order valence-corrected chi connectivity index (χ2v) is 6.00. The molecule has 1 nitrogen and oxygen atoms in total. The largest absolute Gasteiger partial charge is 0.457 e. The summed E-state index contributed by atoms with van der Waals surface area (Å²) in [5.74, 6) is 0.894. The van der Waals surface area contributed by atoms with Crippen molar-refractivity contribution in [3.05, 3.63) is 59.4 Å². The lowest BCUT2D eigenvalue weighted by atomic mass is 9.87. The molecule has 0 amide bonds.